The molecule has 45 heavy (non-hydrogen) atoms. The molecule has 0 aromatic heterocycles. The second kappa shape index (κ2) is 15.1. The molecule has 2 aliphatic heterocycles. The molecule has 4 rings (SSSR count). The third kappa shape index (κ3) is 7.82. The van der Waals surface area contributed by atoms with Crippen LogP contribution >= 0.6 is 0 Å². The number of aliphatic carboxylic acids is 1. The number of piperidine rings is 1. The van der Waals surface area contributed by atoms with E-state index in [9.17, 15) is 33.1 Å². The highest BCUT2D eigenvalue weighted by Gasteiger charge is 2.43. The molecule has 0 radical (unpaired) electrons. The summed E-state index contributed by atoms with van der Waals surface area (Å²) in [4.78, 5) is 53.8. The molecule has 0 spiro atoms. The zero-order valence-corrected chi connectivity index (χ0v) is 25.3. The van der Waals surface area contributed by atoms with Gasteiger partial charge in [-0.2, -0.15) is 0 Å². The second-order valence-electron chi connectivity index (χ2n) is 10.9. The van der Waals surface area contributed by atoms with Gasteiger partial charge in [-0.15, -0.1) is 0 Å². The van der Waals surface area contributed by atoms with Crippen LogP contribution in [0.5, 0.6) is 0 Å². The number of carboxylic acids is 1. The van der Waals surface area contributed by atoms with Gasteiger partial charge in [-0.3, -0.25) is 4.79 Å². The summed E-state index contributed by atoms with van der Waals surface area (Å²) >= 11 is 0. The molecule has 2 heterocycles. The van der Waals surface area contributed by atoms with Gasteiger partial charge >= 0.3 is 24.0 Å². The van der Waals surface area contributed by atoms with E-state index in [2.05, 4.69) is 20.9 Å². The van der Waals surface area contributed by atoms with Gasteiger partial charge in [0.05, 0.1) is 31.4 Å². The van der Waals surface area contributed by atoms with E-state index in [0.717, 1.165) is 41.7 Å². The van der Waals surface area contributed by atoms with Crippen molar-refractivity contribution in [1.82, 2.24) is 25.8 Å². The van der Waals surface area contributed by atoms with Crippen molar-refractivity contribution < 1.29 is 42.5 Å². The zero-order chi connectivity index (χ0) is 32.7. The lowest BCUT2D eigenvalue weighted by Gasteiger charge is -2.38. The zero-order valence-electron chi connectivity index (χ0n) is 25.3. The minimum Gasteiger partial charge on any atom is -0.481 e. The lowest BCUT2D eigenvalue weighted by molar-refractivity contribution is -0.137. The van der Waals surface area contributed by atoms with Crippen molar-refractivity contribution in [3.63, 3.8) is 0 Å². The van der Waals surface area contributed by atoms with Gasteiger partial charge in [-0.05, 0) is 55.3 Å². The summed E-state index contributed by atoms with van der Waals surface area (Å²) in [5.41, 5.74) is 1.53. The molecule has 1 fully saturated rings. The third-order valence-corrected chi connectivity index (χ3v) is 8.02. The highest BCUT2D eigenvalue weighted by Crippen LogP contribution is 2.35. The maximum Gasteiger partial charge on any atom is 0.338 e. The first kappa shape index (κ1) is 33.5. The van der Waals surface area contributed by atoms with E-state index in [1.807, 2.05) is 31.3 Å². The molecule has 0 aliphatic carbocycles. The number of imide groups is 1. The monoisotopic (exact) mass is 629 g/mol. The molecule has 2 aliphatic rings. The van der Waals surface area contributed by atoms with Crippen molar-refractivity contribution in [3.05, 3.63) is 82.1 Å². The highest BCUT2D eigenvalue weighted by molar-refractivity contribution is 6.01. The Bertz CT molecular complexity index is 1470. The number of rotatable bonds is 11. The average Bonchev–Trinajstić information content (AvgIpc) is 3.01. The number of nitrogens with zero attached hydrogens (tertiary/aromatic N) is 2. The fraction of sp³-hybridized carbons (Fsp3) is 0.419. The maximum atomic E-state index is 14.3. The lowest BCUT2D eigenvalue weighted by Crippen LogP contribution is -2.56. The van der Waals surface area contributed by atoms with Gasteiger partial charge < -0.3 is 35.4 Å². The van der Waals surface area contributed by atoms with E-state index in [0.29, 0.717) is 19.5 Å². The number of urea groups is 2. The highest BCUT2D eigenvalue weighted by atomic mass is 19.2. The van der Waals surface area contributed by atoms with Crippen LogP contribution in [0.2, 0.25) is 0 Å². The van der Waals surface area contributed by atoms with Crippen LogP contribution in [0.25, 0.3) is 0 Å². The van der Waals surface area contributed by atoms with E-state index in [1.165, 1.54) is 13.2 Å². The first-order chi connectivity index (χ1) is 21.5. The molecule has 14 heteroatoms. The van der Waals surface area contributed by atoms with Gasteiger partial charge in [-0.25, -0.2) is 28.1 Å². The van der Waals surface area contributed by atoms with Crippen molar-refractivity contribution in [2.75, 3.05) is 47.5 Å². The van der Waals surface area contributed by atoms with Crippen LogP contribution in [0.4, 0.5) is 18.4 Å². The molecular formula is C31H37F2N5O7. The van der Waals surface area contributed by atoms with Gasteiger partial charge in [0, 0.05) is 32.3 Å². The van der Waals surface area contributed by atoms with E-state index < -0.39 is 41.7 Å². The molecule has 0 bridgehead atoms. The summed E-state index contributed by atoms with van der Waals surface area (Å²) in [7, 11) is 4.37. The number of nitrogens with one attached hydrogen (secondary N) is 3. The second-order valence-corrected chi connectivity index (χ2v) is 10.9. The number of benzene rings is 2. The van der Waals surface area contributed by atoms with Gasteiger partial charge in [-0.1, -0.05) is 30.3 Å². The summed E-state index contributed by atoms with van der Waals surface area (Å²) in [5, 5.41) is 18.0. The molecule has 4 N–H and O–H groups in total. The molecule has 0 saturated carbocycles. The minimum atomic E-state index is -1.43. The summed E-state index contributed by atoms with van der Waals surface area (Å²) in [6.07, 6.45) is 1.46. The third-order valence-electron chi connectivity index (χ3n) is 8.02. The average molecular weight is 630 g/mol. The Labute approximate surface area is 259 Å². The van der Waals surface area contributed by atoms with Crippen molar-refractivity contribution in [2.45, 2.75) is 37.4 Å². The Kier molecular flexibility index (Phi) is 11.2. The Morgan fingerprint density at radius 3 is 2.58 bits per heavy atom. The van der Waals surface area contributed by atoms with Crippen LogP contribution in [-0.4, -0.2) is 92.5 Å². The molecule has 12 nitrogen and oxygen atoms in total. The SMILES string of the molecule is COCC1=C(C(=O)OC)[C@H](c2ccc(F)c(F)c2)N(C(=O)NCCN(C)C2CCNC(c3ccccc3CC(=O)O)C2)C(=O)N1. The van der Waals surface area contributed by atoms with E-state index in [-0.39, 0.29) is 48.5 Å². The van der Waals surface area contributed by atoms with E-state index in [4.69, 9.17) is 9.47 Å². The number of carbonyl (C=O) groups is 4. The first-order valence-corrected chi connectivity index (χ1v) is 14.4. The number of ether oxygens (including phenoxy) is 2. The Hall–Kier alpha value is -4.40. The van der Waals surface area contributed by atoms with Crippen LogP contribution in [0, 0.1) is 11.6 Å². The van der Waals surface area contributed by atoms with Gasteiger partial charge in [0.15, 0.2) is 11.6 Å². The van der Waals surface area contributed by atoms with Crippen LogP contribution in [0.15, 0.2) is 53.7 Å². The fourth-order valence-electron chi connectivity index (χ4n) is 5.82. The molecule has 2 aromatic rings. The Balaban J connectivity index is 1.48. The first-order valence-electron chi connectivity index (χ1n) is 14.4. The van der Waals surface area contributed by atoms with E-state index in [1.54, 1.807) is 0 Å². The minimum absolute atomic E-state index is 0.0195. The molecular weight excluding hydrogens is 592 g/mol. The molecule has 2 aromatic carbocycles. The van der Waals surface area contributed by atoms with Crippen LogP contribution in [0.1, 0.15) is 41.6 Å². The molecule has 2 unspecified atom stereocenters. The number of amides is 4. The van der Waals surface area contributed by atoms with Crippen molar-refractivity contribution in [1.29, 1.82) is 0 Å². The molecule has 3 atom stereocenters. The summed E-state index contributed by atoms with van der Waals surface area (Å²) in [6, 6.07) is 7.19. The summed E-state index contributed by atoms with van der Waals surface area (Å²) < 4.78 is 38.1. The summed E-state index contributed by atoms with van der Waals surface area (Å²) in [6.45, 7) is 1.02. The predicted octanol–water partition coefficient (Wildman–Crippen LogP) is 2.87. The normalized spacial score (nSPS) is 20.2. The standard InChI is InChI=1S/C31H37F2N5O7/c1-37(20-10-11-34-24(16-20)21-7-5-4-6-18(21)15-26(39)40)13-12-35-30(42)38-28(19-8-9-22(32)23(33)14-19)27(29(41)45-3)25(17-44-2)36-31(38)43/h4-9,14,20,24,28,34H,10-13,15-17H2,1-3H3,(H,35,42)(H,36,43)(H,39,40)/t20?,24?,28-/m0/s1. The Morgan fingerprint density at radius 1 is 1.13 bits per heavy atom. The number of esters is 1. The largest absolute Gasteiger partial charge is 0.481 e. The van der Waals surface area contributed by atoms with Crippen LogP contribution in [0.3, 0.4) is 0 Å². The van der Waals surface area contributed by atoms with Gasteiger partial charge in [0.2, 0.25) is 0 Å². The quantitative estimate of drug-likeness (QED) is 0.275. The topological polar surface area (TPSA) is 150 Å². The molecule has 242 valence electrons. The number of carboxylic acid groups (broad SMARTS) is 1. The van der Waals surface area contributed by atoms with Crippen molar-refractivity contribution in [3.8, 4) is 0 Å². The fourth-order valence-corrected chi connectivity index (χ4v) is 5.82. The maximum absolute atomic E-state index is 14.3. The summed E-state index contributed by atoms with van der Waals surface area (Å²) in [5.74, 6) is -4.14. The van der Waals surface area contributed by atoms with Gasteiger partial charge in [0.25, 0.3) is 0 Å². The van der Waals surface area contributed by atoms with E-state index >= 15 is 0 Å². The Morgan fingerprint density at radius 2 is 1.89 bits per heavy atom. The predicted molar refractivity (Wildman–Crippen MR) is 158 cm³/mol. The van der Waals surface area contributed by atoms with Crippen molar-refractivity contribution in [2.24, 2.45) is 0 Å². The van der Waals surface area contributed by atoms with Gasteiger partial charge in [0.1, 0.15) is 6.04 Å². The van der Waals surface area contributed by atoms with Crippen LogP contribution in [-0.2, 0) is 25.5 Å². The smallest absolute Gasteiger partial charge is 0.338 e. The number of halogens is 2. The number of likely N-dealkylation sites (N-methyl/N-ethyl adjacent to an activating group) is 1. The molecule has 4 amide bonds. The van der Waals surface area contributed by atoms with Crippen LogP contribution < -0.4 is 16.0 Å². The molecule has 1 saturated heterocycles. The number of hydrogen-bond acceptors (Lipinski definition) is 8. The number of methoxy groups -OCH3 is 2. The van der Waals surface area contributed by atoms with Crippen molar-refractivity contribution >= 4 is 24.0 Å². The lowest BCUT2D eigenvalue weighted by atomic mass is 9.89. The number of carbonyl (C=O) groups excluding carboxylic acids is 3. The number of hydrogen-bond donors (Lipinski definition) is 4.